The SMILES string of the molecule is CC/C=C/C(/C=C/C(=O)NCCC1C2CN(c3nc(Cl)ncc3F)CC12)=C\C=C(/C)O. The van der Waals surface area contributed by atoms with Crippen LogP contribution < -0.4 is 10.2 Å². The van der Waals surface area contributed by atoms with Gasteiger partial charge in [0.2, 0.25) is 11.2 Å². The summed E-state index contributed by atoms with van der Waals surface area (Å²) in [5.74, 6) is 1.43. The Morgan fingerprint density at radius 2 is 2.06 bits per heavy atom. The molecule has 2 aliphatic rings. The number of aromatic nitrogens is 2. The number of carbonyl (C=O) groups excluding carboxylic acids is 1. The lowest BCUT2D eigenvalue weighted by Crippen LogP contribution is -2.28. The van der Waals surface area contributed by atoms with Crippen molar-refractivity contribution in [2.45, 2.75) is 26.7 Å². The van der Waals surface area contributed by atoms with Gasteiger partial charge in [-0.1, -0.05) is 25.2 Å². The molecule has 2 unspecified atom stereocenters. The van der Waals surface area contributed by atoms with Crippen molar-refractivity contribution >= 4 is 23.3 Å². The summed E-state index contributed by atoms with van der Waals surface area (Å²) >= 11 is 5.79. The van der Waals surface area contributed by atoms with Crippen LogP contribution >= 0.6 is 11.6 Å². The van der Waals surface area contributed by atoms with Crippen LogP contribution in [0, 0.1) is 23.6 Å². The number of rotatable bonds is 9. The van der Waals surface area contributed by atoms with E-state index < -0.39 is 5.82 Å². The van der Waals surface area contributed by atoms with Gasteiger partial charge in [-0.3, -0.25) is 4.79 Å². The van der Waals surface area contributed by atoms with E-state index >= 15 is 0 Å². The Labute approximate surface area is 187 Å². The van der Waals surface area contributed by atoms with E-state index in [4.69, 9.17) is 11.6 Å². The molecule has 2 fully saturated rings. The fourth-order valence-corrected chi connectivity index (χ4v) is 4.17. The van der Waals surface area contributed by atoms with Crippen molar-refractivity contribution in [3.63, 3.8) is 0 Å². The first-order valence-electron chi connectivity index (χ1n) is 10.5. The Hall–Kier alpha value is -2.67. The summed E-state index contributed by atoms with van der Waals surface area (Å²) in [6.07, 6.45) is 13.4. The molecule has 0 bridgehead atoms. The van der Waals surface area contributed by atoms with Gasteiger partial charge in [-0.05, 0) is 66.8 Å². The maximum Gasteiger partial charge on any atom is 0.243 e. The summed E-state index contributed by atoms with van der Waals surface area (Å²) < 4.78 is 13.9. The second-order valence-electron chi connectivity index (χ2n) is 7.91. The van der Waals surface area contributed by atoms with Crippen LogP contribution in [-0.4, -0.2) is 40.6 Å². The smallest absolute Gasteiger partial charge is 0.243 e. The second-order valence-corrected chi connectivity index (χ2v) is 8.24. The number of hydrogen-bond acceptors (Lipinski definition) is 5. The Morgan fingerprint density at radius 1 is 1.32 bits per heavy atom. The third-order valence-corrected chi connectivity index (χ3v) is 5.82. The number of piperidine rings is 1. The van der Waals surface area contributed by atoms with Gasteiger partial charge in [-0.25, -0.2) is 9.37 Å². The molecule has 1 aromatic rings. The molecule has 166 valence electrons. The summed E-state index contributed by atoms with van der Waals surface area (Å²) in [5, 5.41) is 12.3. The van der Waals surface area contributed by atoms with E-state index in [9.17, 15) is 14.3 Å². The Morgan fingerprint density at radius 3 is 2.74 bits per heavy atom. The first-order valence-corrected chi connectivity index (χ1v) is 10.9. The highest BCUT2D eigenvalue weighted by Crippen LogP contribution is 2.54. The van der Waals surface area contributed by atoms with Crippen LogP contribution in [0.2, 0.25) is 5.28 Å². The van der Waals surface area contributed by atoms with Gasteiger partial charge in [0, 0.05) is 25.7 Å². The number of allylic oxidation sites excluding steroid dienone is 7. The molecule has 31 heavy (non-hydrogen) atoms. The molecule has 1 aliphatic carbocycles. The number of anilines is 1. The maximum absolute atomic E-state index is 13.9. The zero-order valence-corrected chi connectivity index (χ0v) is 18.5. The molecule has 2 atom stereocenters. The average Bonchev–Trinajstić information content (AvgIpc) is 3.17. The van der Waals surface area contributed by atoms with Crippen LogP contribution in [0.4, 0.5) is 10.2 Å². The molecule has 3 rings (SSSR count). The lowest BCUT2D eigenvalue weighted by molar-refractivity contribution is -0.116. The first-order chi connectivity index (χ1) is 14.9. The number of amides is 1. The van der Waals surface area contributed by atoms with Crippen LogP contribution in [0.3, 0.4) is 0 Å². The maximum atomic E-state index is 13.9. The lowest BCUT2D eigenvalue weighted by Gasteiger charge is -2.21. The average molecular weight is 447 g/mol. The molecular formula is C23H28ClFN4O2. The van der Waals surface area contributed by atoms with Gasteiger partial charge >= 0.3 is 0 Å². The number of hydrogen-bond donors (Lipinski definition) is 2. The topological polar surface area (TPSA) is 78.4 Å². The van der Waals surface area contributed by atoms with Crippen LogP contribution in [-0.2, 0) is 4.79 Å². The molecule has 2 heterocycles. The number of halogens is 2. The number of nitrogens with zero attached hydrogens (tertiary/aromatic N) is 3. The largest absolute Gasteiger partial charge is 0.513 e. The van der Waals surface area contributed by atoms with E-state index in [2.05, 4.69) is 15.3 Å². The van der Waals surface area contributed by atoms with E-state index in [1.807, 2.05) is 24.0 Å². The van der Waals surface area contributed by atoms with E-state index in [0.717, 1.165) is 37.7 Å². The Balaban J connectivity index is 1.42. The minimum atomic E-state index is -0.451. The fraction of sp³-hybridized carbons (Fsp3) is 0.435. The highest BCUT2D eigenvalue weighted by Gasteiger charge is 2.55. The Kier molecular flexibility index (Phi) is 7.85. The normalized spacial score (nSPS) is 23.6. The number of fused-ring (bicyclic) bond motifs is 1. The number of nitrogens with one attached hydrogen (secondary N) is 1. The van der Waals surface area contributed by atoms with Crippen molar-refractivity contribution in [2.24, 2.45) is 17.8 Å². The van der Waals surface area contributed by atoms with E-state index in [1.54, 1.807) is 25.2 Å². The summed E-state index contributed by atoms with van der Waals surface area (Å²) in [5.41, 5.74) is 0.833. The zero-order chi connectivity index (χ0) is 22.4. The van der Waals surface area contributed by atoms with Crippen molar-refractivity contribution < 1.29 is 14.3 Å². The van der Waals surface area contributed by atoms with Gasteiger partial charge in [0.25, 0.3) is 0 Å². The Bertz CT molecular complexity index is 912. The summed E-state index contributed by atoms with van der Waals surface area (Å²) in [6, 6.07) is 0. The molecule has 8 heteroatoms. The lowest BCUT2D eigenvalue weighted by atomic mass is 10.1. The van der Waals surface area contributed by atoms with Crippen molar-refractivity contribution in [3.8, 4) is 0 Å². The summed E-state index contributed by atoms with van der Waals surface area (Å²) in [6.45, 7) is 5.74. The fourth-order valence-electron chi connectivity index (χ4n) is 4.04. The molecule has 0 aromatic carbocycles. The van der Waals surface area contributed by atoms with Crippen molar-refractivity contribution in [2.75, 3.05) is 24.5 Å². The van der Waals surface area contributed by atoms with Crippen LogP contribution in [0.5, 0.6) is 0 Å². The molecule has 1 amide bonds. The molecule has 6 nitrogen and oxygen atoms in total. The van der Waals surface area contributed by atoms with Crippen molar-refractivity contribution in [1.29, 1.82) is 0 Å². The monoisotopic (exact) mass is 446 g/mol. The van der Waals surface area contributed by atoms with Crippen LogP contribution in [0.25, 0.3) is 0 Å². The quantitative estimate of drug-likeness (QED) is 0.255. The third kappa shape index (κ3) is 6.40. The van der Waals surface area contributed by atoms with Gasteiger partial charge in [0.15, 0.2) is 11.6 Å². The van der Waals surface area contributed by atoms with Crippen LogP contribution in [0.15, 0.2) is 54.0 Å². The molecule has 1 saturated carbocycles. The summed E-state index contributed by atoms with van der Waals surface area (Å²) in [7, 11) is 0. The number of aliphatic hydroxyl groups is 1. The highest BCUT2D eigenvalue weighted by molar-refractivity contribution is 6.28. The van der Waals surface area contributed by atoms with E-state index in [-0.39, 0.29) is 22.8 Å². The van der Waals surface area contributed by atoms with E-state index in [1.165, 1.54) is 6.08 Å². The van der Waals surface area contributed by atoms with Gasteiger partial charge < -0.3 is 15.3 Å². The van der Waals surface area contributed by atoms with Gasteiger partial charge in [0.05, 0.1) is 12.0 Å². The molecule has 1 aromatic heterocycles. The summed E-state index contributed by atoms with van der Waals surface area (Å²) in [4.78, 5) is 21.7. The standard InChI is InChI=1S/C23H28ClFN4O2/c1-3-4-5-16(7-6-15(2)30)8-9-21(31)26-11-10-17-18-13-29(14-19(17)18)22-20(25)12-27-23(24)28-22/h4-9,12,17-19,30H,3,10-11,13-14H2,1-2H3,(H,26,31)/b5-4+,9-8+,15-6+,16-7+. The molecular weight excluding hydrogens is 419 g/mol. The molecule has 1 aliphatic heterocycles. The molecule has 1 saturated heterocycles. The first kappa shape index (κ1) is 23.0. The van der Waals surface area contributed by atoms with Gasteiger partial charge in [-0.15, -0.1) is 0 Å². The zero-order valence-electron chi connectivity index (χ0n) is 17.8. The molecule has 2 N–H and O–H groups in total. The van der Waals surface area contributed by atoms with Crippen molar-refractivity contribution in [1.82, 2.24) is 15.3 Å². The predicted octanol–water partition coefficient (Wildman–Crippen LogP) is 4.37. The highest BCUT2D eigenvalue weighted by atomic mass is 35.5. The minimum absolute atomic E-state index is 0.0509. The predicted molar refractivity (Wildman–Crippen MR) is 120 cm³/mol. The second kappa shape index (κ2) is 10.6. The molecule has 0 radical (unpaired) electrons. The molecule has 0 spiro atoms. The van der Waals surface area contributed by atoms with Gasteiger partial charge in [-0.2, -0.15) is 4.98 Å². The van der Waals surface area contributed by atoms with Crippen LogP contribution in [0.1, 0.15) is 26.7 Å². The number of carbonyl (C=O) groups is 1. The minimum Gasteiger partial charge on any atom is -0.513 e. The van der Waals surface area contributed by atoms with Gasteiger partial charge in [0.1, 0.15) is 0 Å². The number of aliphatic hydroxyl groups excluding tert-OH is 1. The van der Waals surface area contributed by atoms with Crippen molar-refractivity contribution in [3.05, 3.63) is 65.1 Å². The third-order valence-electron chi connectivity index (χ3n) is 5.63. The van der Waals surface area contributed by atoms with E-state index in [0.29, 0.717) is 24.3 Å².